The van der Waals surface area contributed by atoms with Gasteiger partial charge in [-0.3, -0.25) is 10.2 Å². The molecule has 0 aliphatic carbocycles. The van der Waals surface area contributed by atoms with Crippen LogP contribution in [-0.4, -0.2) is 43.5 Å². The van der Waals surface area contributed by atoms with Gasteiger partial charge in [-0.05, 0) is 46.5 Å². The van der Waals surface area contributed by atoms with Crippen LogP contribution >= 0.6 is 15.9 Å². The Bertz CT molecular complexity index is 1230. The van der Waals surface area contributed by atoms with E-state index in [-0.39, 0.29) is 0 Å². The van der Waals surface area contributed by atoms with Crippen molar-refractivity contribution in [1.29, 1.82) is 5.26 Å². The molecule has 1 aromatic carbocycles. The number of fused-ring (bicyclic) bond motifs is 2. The van der Waals surface area contributed by atoms with Crippen molar-refractivity contribution in [2.75, 3.05) is 18.0 Å². The maximum absolute atomic E-state index is 9.45. The van der Waals surface area contributed by atoms with Crippen molar-refractivity contribution < 1.29 is 0 Å². The fraction of sp³-hybridized carbons (Fsp3) is 0.278. The SMILES string of the molecule is N#Cc1nc(N2CCC(N)(c3ccc4[nH]ncc4c3)CC2)nc2n[nH]c(Br)c12. The molecule has 0 spiro atoms. The first-order valence-corrected chi connectivity index (χ1v) is 9.66. The van der Waals surface area contributed by atoms with Crippen molar-refractivity contribution in [2.24, 2.45) is 5.73 Å². The Balaban J connectivity index is 1.42. The van der Waals surface area contributed by atoms with E-state index >= 15 is 0 Å². The Labute approximate surface area is 168 Å². The number of hydrogen-bond acceptors (Lipinski definition) is 7. The van der Waals surface area contributed by atoms with Gasteiger partial charge >= 0.3 is 0 Å². The summed E-state index contributed by atoms with van der Waals surface area (Å²) >= 11 is 3.35. The fourth-order valence-corrected chi connectivity index (χ4v) is 4.20. The van der Waals surface area contributed by atoms with Crippen molar-refractivity contribution in [3.63, 3.8) is 0 Å². The van der Waals surface area contributed by atoms with Gasteiger partial charge in [-0.1, -0.05) is 6.07 Å². The molecule has 0 bridgehead atoms. The lowest BCUT2D eigenvalue weighted by atomic mass is 9.81. The summed E-state index contributed by atoms with van der Waals surface area (Å²) in [4.78, 5) is 11.0. The molecule has 5 rings (SSSR count). The first kappa shape index (κ1) is 17.1. The van der Waals surface area contributed by atoms with Gasteiger partial charge in [0.05, 0.1) is 17.1 Å². The first-order valence-electron chi connectivity index (χ1n) is 8.86. The molecular weight excluding hydrogens is 422 g/mol. The number of halogens is 1. The summed E-state index contributed by atoms with van der Waals surface area (Å²) in [5, 5.41) is 25.1. The second-order valence-electron chi connectivity index (χ2n) is 7.04. The Morgan fingerprint density at radius 2 is 2.04 bits per heavy atom. The van der Waals surface area contributed by atoms with Crippen molar-refractivity contribution in [3.8, 4) is 6.07 Å². The van der Waals surface area contributed by atoms with Crippen LogP contribution in [-0.2, 0) is 5.54 Å². The summed E-state index contributed by atoms with van der Waals surface area (Å²) in [5.41, 5.74) is 9.22. The quantitative estimate of drug-likeness (QED) is 0.437. The number of piperidine rings is 1. The number of aromatic amines is 2. The highest BCUT2D eigenvalue weighted by Crippen LogP contribution is 2.33. The van der Waals surface area contributed by atoms with Crippen molar-refractivity contribution in [1.82, 2.24) is 30.4 Å². The zero-order valence-electron chi connectivity index (χ0n) is 14.8. The molecule has 9 nitrogen and oxygen atoms in total. The first-order chi connectivity index (χ1) is 13.6. The number of benzene rings is 1. The number of nitrogens with zero attached hydrogens (tertiary/aromatic N) is 6. The van der Waals surface area contributed by atoms with E-state index in [1.54, 1.807) is 0 Å². The van der Waals surface area contributed by atoms with Gasteiger partial charge in [0.15, 0.2) is 11.3 Å². The Hall–Kier alpha value is -3.03. The minimum Gasteiger partial charge on any atom is -0.341 e. The van der Waals surface area contributed by atoms with Gasteiger partial charge in [0.1, 0.15) is 10.7 Å². The summed E-state index contributed by atoms with van der Waals surface area (Å²) in [7, 11) is 0. The lowest BCUT2D eigenvalue weighted by Gasteiger charge is -2.39. The number of aromatic nitrogens is 6. The molecule has 0 amide bonds. The predicted octanol–water partition coefficient (Wildman–Crippen LogP) is 2.32. The summed E-state index contributed by atoms with van der Waals surface area (Å²) in [6, 6.07) is 8.32. The van der Waals surface area contributed by atoms with Crippen molar-refractivity contribution in [3.05, 3.63) is 40.3 Å². The van der Waals surface area contributed by atoms with E-state index < -0.39 is 5.54 Å². The smallest absolute Gasteiger partial charge is 0.228 e. The molecule has 0 unspecified atom stereocenters. The van der Waals surface area contributed by atoms with Gasteiger partial charge in [0.2, 0.25) is 5.95 Å². The molecular formula is C18H16BrN9. The van der Waals surface area contributed by atoms with Crippen LogP contribution in [0.4, 0.5) is 5.95 Å². The molecule has 140 valence electrons. The number of rotatable bonds is 2. The molecule has 0 atom stereocenters. The van der Waals surface area contributed by atoms with Gasteiger partial charge in [-0.15, -0.1) is 0 Å². The molecule has 0 saturated carbocycles. The van der Waals surface area contributed by atoms with Crippen LogP contribution in [0.15, 0.2) is 29.0 Å². The lowest BCUT2D eigenvalue weighted by molar-refractivity contribution is 0.341. The number of nitriles is 1. The number of anilines is 1. The second-order valence-corrected chi connectivity index (χ2v) is 7.83. The highest BCUT2D eigenvalue weighted by molar-refractivity contribution is 9.10. The van der Waals surface area contributed by atoms with Gasteiger partial charge in [-0.25, -0.2) is 4.98 Å². The van der Waals surface area contributed by atoms with Crippen LogP contribution in [0.5, 0.6) is 0 Å². The number of nitrogens with one attached hydrogen (secondary N) is 2. The maximum Gasteiger partial charge on any atom is 0.228 e. The average Bonchev–Trinajstić information content (AvgIpc) is 3.34. The lowest BCUT2D eigenvalue weighted by Crippen LogP contribution is -2.48. The summed E-state index contributed by atoms with van der Waals surface area (Å²) in [6.07, 6.45) is 3.32. The van der Waals surface area contributed by atoms with Crippen molar-refractivity contribution in [2.45, 2.75) is 18.4 Å². The van der Waals surface area contributed by atoms with Crippen LogP contribution in [0.2, 0.25) is 0 Å². The molecule has 0 radical (unpaired) electrons. The van der Waals surface area contributed by atoms with Gasteiger partial charge in [0, 0.05) is 24.0 Å². The van der Waals surface area contributed by atoms with E-state index in [1.165, 1.54) is 0 Å². The molecule has 4 aromatic rings. The second kappa shape index (κ2) is 6.25. The largest absolute Gasteiger partial charge is 0.341 e. The maximum atomic E-state index is 9.45. The minimum absolute atomic E-state index is 0.301. The monoisotopic (exact) mass is 437 g/mol. The zero-order chi connectivity index (χ0) is 19.3. The third kappa shape index (κ3) is 2.63. The highest BCUT2D eigenvalue weighted by atomic mass is 79.9. The number of nitrogens with two attached hydrogens (primary N) is 1. The average molecular weight is 438 g/mol. The molecule has 1 fully saturated rings. The van der Waals surface area contributed by atoms with Crippen LogP contribution < -0.4 is 10.6 Å². The molecule has 4 heterocycles. The summed E-state index contributed by atoms with van der Waals surface area (Å²) in [5.74, 6) is 0.510. The molecule has 3 aromatic heterocycles. The Morgan fingerprint density at radius 3 is 2.82 bits per heavy atom. The predicted molar refractivity (Wildman–Crippen MR) is 108 cm³/mol. The van der Waals surface area contributed by atoms with Gasteiger partial charge in [0.25, 0.3) is 0 Å². The third-order valence-corrected chi connectivity index (χ3v) is 5.99. The standard InChI is InChI=1S/C18H16BrN9/c19-15-14-13(8-20)23-17(24-16(14)27-26-15)28-5-3-18(21,4-6-28)11-1-2-12-10(7-11)9-22-25-12/h1-2,7,9H,3-6,21H2,(H,22,25)(H,23,24,26,27). The molecule has 1 aliphatic heterocycles. The van der Waals surface area contributed by atoms with E-state index in [9.17, 15) is 5.26 Å². The molecule has 1 aliphatic rings. The topological polar surface area (TPSA) is 136 Å². The van der Waals surface area contributed by atoms with E-state index in [4.69, 9.17) is 5.73 Å². The minimum atomic E-state index is -0.417. The van der Waals surface area contributed by atoms with Crippen LogP contribution in [0.3, 0.4) is 0 Å². The van der Waals surface area contributed by atoms with Crippen LogP contribution in [0.1, 0.15) is 24.1 Å². The Kier molecular flexibility index (Phi) is 3.82. The molecule has 1 saturated heterocycles. The van der Waals surface area contributed by atoms with E-state index in [2.05, 4.69) is 69.4 Å². The Morgan fingerprint density at radius 1 is 1.21 bits per heavy atom. The third-order valence-electron chi connectivity index (χ3n) is 5.42. The van der Waals surface area contributed by atoms with E-state index in [0.717, 1.165) is 29.3 Å². The molecule has 10 heteroatoms. The van der Waals surface area contributed by atoms with E-state index in [0.29, 0.717) is 40.4 Å². The molecule has 4 N–H and O–H groups in total. The van der Waals surface area contributed by atoms with E-state index in [1.807, 2.05) is 12.3 Å². The fourth-order valence-electron chi connectivity index (χ4n) is 3.75. The van der Waals surface area contributed by atoms with Crippen LogP contribution in [0.25, 0.3) is 21.9 Å². The summed E-state index contributed by atoms with van der Waals surface area (Å²) < 4.78 is 0.611. The summed E-state index contributed by atoms with van der Waals surface area (Å²) in [6.45, 7) is 1.39. The van der Waals surface area contributed by atoms with Crippen LogP contribution in [0, 0.1) is 11.3 Å². The zero-order valence-corrected chi connectivity index (χ0v) is 16.4. The number of hydrogen-bond donors (Lipinski definition) is 3. The van der Waals surface area contributed by atoms with Crippen molar-refractivity contribution >= 4 is 43.8 Å². The van der Waals surface area contributed by atoms with Gasteiger partial charge in [-0.2, -0.15) is 20.4 Å². The highest BCUT2D eigenvalue weighted by Gasteiger charge is 2.34. The normalized spacial score (nSPS) is 16.5. The number of H-pyrrole nitrogens is 2. The van der Waals surface area contributed by atoms with Gasteiger partial charge < -0.3 is 10.6 Å². The molecule has 28 heavy (non-hydrogen) atoms.